The molecule has 0 saturated carbocycles. The smallest absolute Gasteiger partial charge is 0.387 e. The Kier molecular flexibility index (Phi) is 7.59. The molecule has 9 nitrogen and oxygen atoms in total. The number of piperazine rings is 1. The molecule has 1 aliphatic rings. The van der Waals surface area contributed by atoms with Crippen LogP contribution in [0.2, 0.25) is 0 Å². The Balaban J connectivity index is 1.72. The average molecular weight is 469 g/mol. The number of hydrogen-bond acceptors (Lipinski definition) is 7. The maximum Gasteiger partial charge on any atom is 0.387 e. The number of halogens is 3. The molecule has 1 heterocycles. The third-order valence-electron chi connectivity index (χ3n) is 5.21. The first-order valence-electron chi connectivity index (χ1n) is 9.88. The summed E-state index contributed by atoms with van der Waals surface area (Å²) in [4.78, 5) is 27.1. The second-order valence-corrected chi connectivity index (χ2v) is 7.19. The zero-order valence-corrected chi connectivity index (χ0v) is 17.9. The minimum absolute atomic E-state index is 0.149. The third-order valence-corrected chi connectivity index (χ3v) is 5.21. The van der Waals surface area contributed by atoms with E-state index in [9.17, 15) is 28.1 Å². The van der Waals surface area contributed by atoms with E-state index in [1.54, 1.807) is 12.1 Å². The van der Waals surface area contributed by atoms with Gasteiger partial charge in [-0.25, -0.2) is 4.39 Å². The molecule has 0 aromatic heterocycles. The number of ether oxygens (including phenoxy) is 3. The lowest BCUT2D eigenvalue weighted by Crippen LogP contribution is -2.48. The van der Waals surface area contributed by atoms with Gasteiger partial charge in [0.05, 0.1) is 25.2 Å². The largest absolute Gasteiger partial charge is 0.494 e. The summed E-state index contributed by atoms with van der Waals surface area (Å²) in [6.07, 6.45) is 0. The van der Waals surface area contributed by atoms with Gasteiger partial charge in [-0.05, 0) is 17.7 Å². The van der Waals surface area contributed by atoms with Crippen LogP contribution in [0.15, 0.2) is 30.3 Å². The number of amides is 1. The summed E-state index contributed by atoms with van der Waals surface area (Å²) in [5.74, 6) is -1.70. The van der Waals surface area contributed by atoms with Crippen LogP contribution < -0.4 is 14.2 Å². The van der Waals surface area contributed by atoms with Crippen LogP contribution >= 0.6 is 0 Å². The molecule has 178 valence electrons. The molecule has 0 N–H and O–H groups in total. The van der Waals surface area contributed by atoms with Crippen molar-refractivity contribution in [3.05, 3.63) is 57.4 Å². The Morgan fingerprint density at radius 3 is 2.27 bits per heavy atom. The summed E-state index contributed by atoms with van der Waals surface area (Å²) in [5, 5.41) is 11.5. The zero-order chi connectivity index (χ0) is 24.1. The number of alkyl halides is 2. The van der Waals surface area contributed by atoms with Crippen LogP contribution in [0.25, 0.3) is 0 Å². The molecule has 0 atom stereocenters. The molecule has 1 aliphatic heterocycles. The lowest BCUT2D eigenvalue weighted by atomic mass is 10.1. The Labute approximate surface area is 187 Å². The van der Waals surface area contributed by atoms with E-state index in [2.05, 4.69) is 4.74 Å². The highest BCUT2D eigenvalue weighted by Crippen LogP contribution is 2.36. The van der Waals surface area contributed by atoms with Gasteiger partial charge in [-0.2, -0.15) is 8.78 Å². The monoisotopic (exact) mass is 469 g/mol. The van der Waals surface area contributed by atoms with Gasteiger partial charge >= 0.3 is 6.61 Å². The summed E-state index contributed by atoms with van der Waals surface area (Å²) >= 11 is 0. The Bertz CT molecular complexity index is 1030. The molecule has 0 radical (unpaired) electrons. The third kappa shape index (κ3) is 5.64. The number of nitrogens with zero attached hydrogens (tertiary/aromatic N) is 3. The molecule has 3 rings (SSSR count). The molecule has 2 aromatic rings. The van der Waals surface area contributed by atoms with Crippen LogP contribution in [-0.4, -0.2) is 67.6 Å². The first-order chi connectivity index (χ1) is 15.7. The SMILES string of the molecule is COc1ccc(CN2CCN(C(=O)c3cc(OC)c(OC(F)F)cc3[N+](=O)[O-])CC2)cc1F. The van der Waals surface area contributed by atoms with Gasteiger partial charge in [-0.1, -0.05) is 6.07 Å². The minimum Gasteiger partial charge on any atom is -0.494 e. The number of nitro benzene ring substituents is 1. The summed E-state index contributed by atoms with van der Waals surface area (Å²) < 4.78 is 53.3. The molecule has 0 unspecified atom stereocenters. The fourth-order valence-electron chi connectivity index (χ4n) is 3.57. The van der Waals surface area contributed by atoms with Crippen LogP contribution in [-0.2, 0) is 6.54 Å². The molecule has 0 aliphatic carbocycles. The minimum atomic E-state index is -3.22. The van der Waals surface area contributed by atoms with E-state index in [0.29, 0.717) is 19.6 Å². The topological polar surface area (TPSA) is 94.4 Å². The van der Waals surface area contributed by atoms with E-state index in [-0.39, 0.29) is 30.2 Å². The van der Waals surface area contributed by atoms with Crippen LogP contribution in [0, 0.1) is 15.9 Å². The van der Waals surface area contributed by atoms with Crippen molar-refractivity contribution in [2.24, 2.45) is 0 Å². The number of nitro groups is 1. The van der Waals surface area contributed by atoms with Crippen LogP contribution in [0.1, 0.15) is 15.9 Å². The molecule has 1 amide bonds. The number of rotatable bonds is 8. The van der Waals surface area contributed by atoms with E-state index in [0.717, 1.165) is 17.7 Å². The number of carbonyl (C=O) groups is 1. The number of methoxy groups -OCH3 is 2. The van der Waals surface area contributed by atoms with Gasteiger partial charge in [0.15, 0.2) is 23.1 Å². The first-order valence-corrected chi connectivity index (χ1v) is 9.88. The van der Waals surface area contributed by atoms with Gasteiger partial charge in [-0.15, -0.1) is 0 Å². The quantitative estimate of drug-likeness (QED) is 0.433. The van der Waals surface area contributed by atoms with Crippen molar-refractivity contribution in [1.29, 1.82) is 0 Å². The van der Waals surface area contributed by atoms with Crippen LogP contribution in [0.3, 0.4) is 0 Å². The van der Waals surface area contributed by atoms with E-state index in [1.807, 2.05) is 4.90 Å². The standard InChI is InChI=1S/C21H22F3N3O6/c1-31-17-4-3-13(9-15(17)22)12-25-5-7-26(8-6-25)20(28)14-10-18(32-2)19(33-21(23)24)11-16(14)27(29)30/h3-4,9-11,21H,5-8,12H2,1-2H3. The maximum atomic E-state index is 13.9. The van der Waals surface area contributed by atoms with Crippen molar-refractivity contribution in [3.63, 3.8) is 0 Å². The fraction of sp³-hybridized carbons (Fsp3) is 0.381. The molecule has 33 heavy (non-hydrogen) atoms. The zero-order valence-electron chi connectivity index (χ0n) is 17.9. The Hall–Kier alpha value is -3.54. The Morgan fingerprint density at radius 2 is 1.73 bits per heavy atom. The van der Waals surface area contributed by atoms with Crippen LogP contribution in [0.4, 0.5) is 18.9 Å². The first kappa shape index (κ1) is 24.1. The molecule has 2 aromatic carbocycles. The highest BCUT2D eigenvalue weighted by molar-refractivity contribution is 5.99. The second kappa shape index (κ2) is 10.4. The van der Waals surface area contributed by atoms with Gasteiger partial charge in [0, 0.05) is 38.8 Å². The highest BCUT2D eigenvalue weighted by Gasteiger charge is 2.30. The number of benzene rings is 2. The van der Waals surface area contributed by atoms with Gasteiger partial charge < -0.3 is 19.1 Å². The fourth-order valence-corrected chi connectivity index (χ4v) is 3.57. The molecular formula is C21H22F3N3O6. The van der Waals surface area contributed by atoms with Gasteiger partial charge in [0.25, 0.3) is 11.6 Å². The predicted molar refractivity (Wildman–Crippen MR) is 110 cm³/mol. The van der Waals surface area contributed by atoms with Gasteiger partial charge in [-0.3, -0.25) is 19.8 Å². The van der Waals surface area contributed by atoms with Crippen LogP contribution in [0.5, 0.6) is 17.2 Å². The van der Waals surface area contributed by atoms with Crippen molar-refractivity contribution in [2.75, 3.05) is 40.4 Å². The maximum absolute atomic E-state index is 13.9. The van der Waals surface area contributed by atoms with Crippen molar-refractivity contribution < 1.29 is 37.1 Å². The van der Waals surface area contributed by atoms with Crippen molar-refractivity contribution in [1.82, 2.24) is 9.80 Å². The van der Waals surface area contributed by atoms with Crippen molar-refractivity contribution in [3.8, 4) is 17.2 Å². The van der Waals surface area contributed by atoms with E-state index in [4.69, 9.17) is 9.47 Å². The summed E-state index contributed by atoms with van der Waals surface area (Å²) in [7, 11) is 2.56. The molecule has 1 fully saturated rings. The van der Waals surface area contributed by atoms with Gasteiger partial charge in [0.2, 0.25) is 0 Å². The summed E-state index contributed by atoms with van der Waals surface area (Å²) in [6.45, 7) is -1.31. The predicted octanol–water partition coefficient (Wildman–Crippen LogP) is 3.31. The van der Waals surface area contributed by atoms with Crippen molar-refractivity contribution in [2.45, 2.75) is 13.2 Å². The second-order valence-electron chi connectivity index (χ2n) is 7.19. The molecule has 0 bridgehead atoms. The summed E-state index contributed by atoms with van der Waals surface area (Å²) in [5.41, 5.74) is -0.209. The number of carbonyl (C=O) groups excluding carboxylic acids is 1. The molecular weight excluding hydrogens is 447 g/mol. The van der Waals surface area contributed by atoms with Crippen molar-refractivity contribution >= 4 is 11.6 Å². The van der Waals surface area contributed by atoms with Gasteiger partial charge in [0.1, 0.15) is 5.56 Å². The molecule has 0 spiro atoms. The number of hydrogen-bond donors (Lipinski definition) is 0. The lowest BCUT2D eigenvalue weighted by Gasteiger charge is -2.34. The molecule has 1 saturated heterocycles. The Morgan fingerprint density at radius 1 is 1.06 bits per heavy atom. The average Bonchev–Trinajstić information content (AvgIpc) is 2.78. The normalized spacial score (nSPS) is 14.3. The van der Waals surface area contributed by atoms with E-state index < -0.39 is 34.7 Å². The van der Waals surface area contributed by atoms with E-state index in [1.165, 1.54) is 25.2 Å². The summed E-state index contributed by atoms with van der Waals surface area (Å²) in [6, 6.07) is 6.46. The lowest BCUT2D eigenvalue weighted by molar-refractivity contribution is -0.385. The highest BCUT2D eigenvalue weighted by atomic mass is 19.3. The van der Waals surface area contributed by atoms with E-state index >= 15 is 0 Å². The molecule has 12 heteroatoms.